The van der Waals surface area contributed by atoms with Crippen molar-refractivity contribution in [3.05, 3.63) is 0 Å². The zero-order valence-electron chi connectivity index (χ0n) is 6.04. The molecule has 0 N–H and O–H groups in total. The van der Waals surface area contributed by atoms with Crippen LogP contribution in [0.2, 0.25) is 0 Å². The quantitative estimate of drug-likeness (QED) is 0.482. The lowest BCUT2D eigenvalue weighted by molar-refractivity contribution is -0.431. The summed E-state index contributed by atoms with van der Waals surface area (Å²) in [6, 6.07) is -3.97. The first-order chi connectivity index (χ1) is 4.87. The van der Waals surface area contributed by atoms with E-state index in [-0.39, 0.29) is 0 Å². The molecule has 11 heavy (non-hydrogen) atoms. The number of alkyl halides is 4. The summed E-state index contributed by atoms with van der Waals surface area (Å²) in [5.41, 5.74) is 0. The van der Waals surface area contributed by atoms with E-state index in [0.717, 1.165) is 0 Å². The minimum absolute atomic E-state index is 0.413. The van der Waals surface area contributed by atoms with Gasteiger partial charge in [-0.2, -0.15) is 17.6 Å². The molecule has 0 aliphatic carbocycles. The van der Waals surface area contributed by atoms with Crippen LogP contribution in [-0.2, 0) is 9.47 Å². The standard InChI is InChI=1S/C5H8F4O2/c1-3-11-5(9,10-2)4(6,7)8/h3H2,1-2H3. The topological polar surface area (TPSA) is 18.5 Å². The Hall–Kier alpha value is -0.360. The average molecular weight is 176 g/mol. The molecule has 0 fully saturated rings. The van der Waals surface area contributed by atoms with Crippen molar-refractivity contribution in [2.75, 3.05) is 13.7 Å². The molecule has 1 unspecified atom stereocenters. The van der Waals surface area contributed by atoms with E-state index in [2.05, 4.69) is 9.47 Å². The molecule has 2 nitrogen and oxygen atoms in total. The van der Waals surface area contributed by atoms with E-state index >= 15 is 0 Å². The van der Waals surface area contributed by atoms with Gasteiger partial charge >= 0.3 is 12.2 Å². The maximum Gasteiger partial charge on any atom is 0.478 e. The van der Waals surface area contributed by atoms with Crippen LogP contribution >= 0.6 is 0 Å². The summed E-state index contributed by atoms with van der Waals surface area (Å²) in [5.74, 6) is 0. The van der Waals surface area contributed by atoms with E-state index in [1.54, 1.807) is 0 Å². The predicted octanol–water partition coefficient (Wildman–Crippen LogP) is 1.85. The van der Waals surface area contributed by atoms with Crippen LogP contribution in [0, 0.1) is 0 Å². The number of halogens is 4. The van der Waals surface area contributed by atoms with E-state index in [1.807, 2.05) is 0 Å². The van der Waals surface area contributed by atoms with Crippen LogP contribution in [-0.4, -0.2) is 25.9 Å². The van der Waals surface area contributed by atoms with Crippen molar-refractivity contribution in [1.29, 1.82) is 0 Å². The molecule has 0 spiro atoms. The normalized spacial score (nSPS) is 18.0. The van der Waals surface area contributed by atoms with Gasteiger partial charge in [0.2, 0.25) is 0 Å². The van der Waals surface area contributed by atoms with E-state index < -0.39 is 18.8 Å². The molecule has 1 atom stereocenters. The summed E-state index contributed by atoms with van der Waals surface area (Å²) in [5, 5.41) is 0. The maximum atomic E-state index is 12.5. The Morgan fingerprint density at radius 2 is 1.64 bits per heavy atom. The zero-order valence-corrected chi connectivity index (χ0v) is 6.04. The van der Waals surface area contributed by atoms with Crippen molar-refractivity contribution in [1.82, 2.24) is 0 Å². The highest BCUT2D eigenvalue weighted by atomic mass is 19.4. The Morgan fingerprint density at radius 3 is 1.73 bits per heavy atom. The highest BCUT2D eigenvalue weighted by molar-refractivity contribution is 4.64. The van der Waals surface area contributed by atoms with Gasteiger partial charge in [0, 0.05) is 7.11 Å². The fourth-order valence-electron chi connectivity index (χ4n) is 0.442. The van der Waals surface area contributed by atoms with Crippen molar-refractivity contribution in [3.8, 4) is 0 Å². The second-order valence-corrected chi connectivity index (χ2v) is 1.67. The molecule has 0 aromatic rings. The SMILES string of the molecule is CCOC(F)(OC)C(F)(F)F. The number of hydrogen-bond acceptors (Lipinski definition) is 2. The Labute approximate surface area is 61.1 Å². The number of methoxy groups -OCH3 is 1. The molecule has 0 radical (unpaired) electrons. The Balaban J connectivity index is 4.33. The van der Waals surface area contributed by atoms with Gasteiger partial charge in [0.25, 0.3) is 0 Å². The smallest absolute Gasteiger partial charge is 0.320 e. The molecule has 0 amide bonds. The summed E-state index contributed by atoms with van der Waals surface area (Å²) in [6.45, 7) is 0.822. The lowest BCUT2D eigenvalue weighted by atomic mass is 10.5. The summed E-state index contributed by atoms with van der Waals surface area (Å²) in [7, 11) is 0.586. The molecule has 0 heterocycles. The Bertz CT molecular complexity index is 124. The van der Waals surface area contributed by atoms with Gasteiger partial charge in [-0.3, -0.25) is 0 Å². The van der Waals surface area contributed by atoms with Gasteiger partial charge in [-0.15, -0.1) is 0 Å². The Kier molecular flexibility index (Phi) is 3.25. The van der Waals surface area contributed by atoms with Crippen molar-refractivity contribution in [2.24, 2.45) is 0 Å². The zero-order chi connectivity index (χ0) is 9.12. The van der Waals surface area contributed by atoms with Crippen molar-refractivity contribution in [2.45, 2.75) is 19.1 Å². The lowest BCUT2D eigenvalue weighted by Gasteiger charge is -2.24. The molecular formula is C5H8F4O2. The van der Waals surface area contributed by atoms with Crippen LogP contribution in [0.1, 0.15) is 6.92 Å². The van der Waals surface area contributed by atoms with Crippen molar-refractivity contribution >= 4 is 0 Å². The first-order valence-electron chi connectivity index (χ1n) is 2.82. The number of ether oxygens (including phenoxy) is 2. The number of rotatable bonds is 3. The molecule has 0 aromatic carbocycles. The fourth-order valence-corrected chi connectivity index (χ4v) is 0.442. The van der Waals surface area contributed by atoms with Crippen LogP contribution in [0.3, 0.4) is 0 Å². The fraction of sp³-hybridized carbons (Fsp3) is 1.00. The first kappa shape index (κ1) is 10.6. The summed E-state index contributed by atoms with van der Waals surface area (Å²) < 4.78 is 54.7. The second-order valence-electron chi connectivity index (χ2n) is 1.67. The third-order valence-electron chi connectivity index (χ3n) is 0.931. The third kappa shape index (κ3) is 2.30. The monoisotopic (exact) mass is 176 g/mol. The summed E-state index contributed by atoms with van der Waals surface area (Å²) in [4.78, 5) is 0. The van der Waals surface area contributed by atoms with Crippen LogP contribution in [0.4, 0.5) is 17.6 Å². The van der Waals surface area contributed by atoms with Crippen molar-refractivity contribution in [3.63, 3.8) is 0 Å². The first-order valence-corrected chi connectivity index (χ1v) is 2.82. The van der Waals surface area contributed by atoms with Crippen LogP contribution in [0.5, 0.6) is 0 Å². The molecule has 0 rings (SSSR count). The van der Waals surface area contributed by atoms with Crippen LogP contribution in [0.15, 0.2) is 0 Å². The second kappa shape index (κ2) is 3.36. The molecule has 0 saturated heterocycles. The minimum Gasteiger partial charge on any atom is -0.320 e. The lowest BCUT2D eigenvalue weighted by Crippen LogP contribution is -2.45. The van der Waals surface area contributed by atoms with Crippen LogP contribution in [0.25, 0.3) is 0 Å². The van der Waals surface area contributed by atoms with E-state index in [1.165, 1.54) is 6.92 Å². The Morgan fingerprint density at radius 1 is 1.18 bits per heavy atom. The largest absolute Gasteiger partial charge is 0.478 e. The van der Waals surface area contributed by atoms with Gasteiger partial charge in [-0.05, 0) is 6.92 Å². The predicted molar refractivity (Wildman–Crippen MR) is 28.5 cm³/mol. The van der Waals surface area contributed by atoms with Gasteiger partial charge in [0.05, 0.1) is 6.61 Å². The summed E-state index contributed by atoms with van der Waals surface area (Å²) in [6.07, 6.45) is -5.16. The molecule has 0 saturated carbocycles. The van der Waals surface area contributed by atoms with Gasteiger partial charge in [0.1, 0.15) is 0 Å². The third-order valence-corrected chi connectivity index (χ3v) is 0.931. The van der Waals surface area contributed by atoms with E-state index in [0.29, 0.717) is 7.11 Å². The van der Waals surface area contributed by atoms with Crippen LogP contribution < -0.4 is 0 Å². The average Bonchev–Trinajstić information content (AvgIpc) is 1.86. The van der Waals surface area contributed by atoms with Crippen molar-refractivity contribution < 1.29 is 27.0 Å². The number of hydrogen-bond donors (Lipinski definition) is 0. The molecular weight excluding hydrogens is 168 g/mol. The van der Waals surface area contributed by atoms with E-state index in [4.69, 9.17) is 0 Å². The highest BCUT2D eigenvalue weighted by Gasteiger charge is 2.59. The molecule has 0 bridgehead atoms. The molecule has 0 aliphatic rings. The van der Waals surface area contributed by atoms with Gasteiger partial charge < -0.3 is 9.47 Å². The van der Waals surface area contributed by atoms with Gasteiger partial charge in [-0.1, -0.05) is 0 Å². The molecule has 0 aliphatic heterocycles. The van der Waals surface area contributed by atoms with Gasteiger partial charge in [-0.25, -0.2) is 0 Å². The minimum atomic E-state index is -5.16. The maximum absolute atomic E-state index is 12.5. The summed E-state index contributed by atoms with van der Waals surface area (Å²) >= 11 is 0. The molecule has 6 heteroatoms. The van der Waals surface area contributed by atoms with E-state index in [9.17, 15) is 17.6 Å². The van der Waals surface area contributed by atoms with Gasteiger partial charge in [0.15, 0.2) is 0 Å². The highest BCUT2D eigenvalue weighted by Crippen LogP contribution is 2.35. The molecule has 68 valence electrons. The molecule has 0 aromatic heterocycles.